The van der Waals surface area contributed by atoms with Crippen molar-refractivity contribution < 1.29 is 4.79 Å². The van der Waals surface area contributed by atoms with Crippen LogP contribution in [-0.4, -0.2) is 15.7 Å². The molecule has 134 valence electrons. The molecular weight excluding hydrogens is 334 g/mol. The summed E-state index contributed by atoms with van der Waals surface area (Å²) in [4.78, 5) is 11.8. The fraction of sp³-hybridized carbons (Fsp3) is 0.130. The molecule has 0 saturated carbocycles. The first-order valence-electron chi connectivity index (χ1n) is 9.12. The van der Waals surface area contributed by atoms with Crippen molar-refractivity contribution in [1.29, 1.82) is 0 Å². The van der Waals surface area contributed by atoms with Crippen LogP contribution in [0.4, 0.5) is 0 Å². The summed E-state index contributed by atoms with van der Waals surface area (Å²) in [5.74, 6) is -0.450. The zero-order valence-electron chi connectivity index (χ0n) is 15.0. The lowest BCUT2D eigenvalue weighted by Crippen LogP contribution is -2.11. The van der Waals surface area contributed by atoms with Crippen molar-refractivity contribution in [1.82, 2.24) is 9.78 Å². The van der Waals surface area contributed by atoms with Crippen molar-refractivity contribution in [3.63, 3.8) is 0 Å². The molecule has 4 nitrogen and oxygen atoms in total. The summed E-state index contributed by atoms with van der Waals surface area (Å²) >= 11 is 0. The molecule has 4 heteroatoms. The maximum atomic E-state index is 11.8. The van der Waals surface area contributed by atoms with Crippen LogP contribution in [-0.2, 0) is 13.0 Å². The summed E-state index contributed by atoms with van der Waals surface area (Å²) in [7, 11) is 0. The van der Waals surface area contributed by atoms with Crippen LogP contribution in [0, 0.1) is 0 Å². The standard InChI is InChI=1S/C23H21N3O/c24-23(27)21-16-26(25-22(21)19-9-2-1-3-10-19)15-7-13-18-12-6-11-17-8-4-5-14-20(17)18/h1-6,8-12,14,16H,7,13,15H2,(H2,24,27). The average Bonchev–Trinajstić information content (AvgIpc) is 3.13. The molecule has 1 aromatic heterocycles. The fourth-order valence-electron chi connectivity index (χ4n) is 3.47. The van der Waals surface area contributed by atoms with Gasteiger partial charge >= 0.3 is 0 Å². The first-order chi connectivity index (χ1) is 13.2. The molecular formula is C23H21N3O. The van der Waals surface area contributed by atoms with Crippen LogP contribution in [0.25, 0.3) is 22.0 Å². The minimum Gasteiger partial charge on any atom is -0.365 e. The van der Waals surface area contributed by atoms with E-state index in [1.807, 2.05) is 35.0 Å². The molecule has 0 aliphatic heterocycles. The van der Waals surface area contributed by atoms with Gasteiger partial charge in [-0.25, -0.2) is 0 Å². The molecule has 0 atom stereocenters. The molecule has 0 unspecified atom stereocenters. The van der Waals surface area contributed by atoms with Crippen molar-refractivity contribution in [2.45, 2.75) is 19.4 Å². The van der Waals surface area contributed by atoms with E-state index in [4.69, 9.17) is 5.73 Å². The molecule has 1 heterocycles. The molecule has 27 heavy (non-hydrogen) atoms. The normalized spacial score (nSPS) is 11.0. The van der Waals surface area contributed by atoms with Crippen molar-refractivity contribution in [3.05, 3.63) is 90.1 Å². The number of rotatable bonds is 6. The molecule has 3 aromatic carbocycles. The lowest BCUT2D eigenvalue weighted by Gasteiger charge is -2.07. The Hall–Kier alpha value is -3.40. The number of aryl methyl sites for hydroxylation is 2. The SMILES string of the molecule is NC(=O)c1cn(CCCc2cccc3ccccc23)nc1-c1ccccc1. The Morgan fingerprint density at radius 3 is 2.48 bits per heavy atom. The molecule has 0 radical (unpaired) electrons. The third-order valence-corrected chi connectivity index (χ3v) is 4.79. The summed E-state index contributed by atoms with van der Waals surface area (Å²) in [6, 6.07) is 24.5. The maximum absolute atomic E-state index is 11.8. The first kappa shape index (κ1) is 17.0. The zero-order valence-corrected chi connectivity index (χ0v) is 15.0. The molecule has 1 amide bonds. The van der Waals surface area contributed by atoms with Gasteiger partial charge in [-0.15, -0.1) is 0 Å². The highest BCUT2D eigenvalue weighted by Crippen LogP contribution is 2.23. The highest BCUT2D eigenvalue weighted by atomic mass is 16.1. The van der Waals surface area contributed by atoms with E-state index in [-0.39, 0.29) is 0 Å². The van der Waals surface area contributed by atoms with Crippen LogP contribution in [0.3, 0.4) is 0 Å². The Morgan fingerprint density at radius 1 is 0.926 bits per heavy atom. The van der Waals surface area contributed by atoms with Gasteiger partial charge in [-0.05, 0) is 29.2 Å². The van der Waals surface area contributed by atoms with Crippen molar-refractivity contribution in [2.75, 3.05) is 0 Å². The second-order valence-electron chi connectivity index (χ2n) is 6.63. The number of carbonyl (C=O) groups is 1. The second kappa shape index (κ2) is 7.46. The van der Waals surface area contributed by atoms with E-state index in [1.165, 1.54) is 16.3 Å². The summed E-state index contributed by atoms with van der Waals surface area (Å²) in [6.45, 7) is 0.732. The Balaban J connectivity index is 1.52. The summed E-state index contributed by atoms with van der Waals surface area (Å²) < 4.78 is 1.83. The number of nitrogens with two attached hydrogens (primary N) is 1. The van der Waals surface area contributed by atoms with E-state index in [2.05, 4.69) is 47.6 Å². The number of benzene rings is 3. The van der Waals surface area contributed by atoms with Gasteiger partial charge in [0, 0.05) is 18.3 Å². The molecule has 2 N–H and O–H groups in total. The Bertz CT molecular complexity index is 1080. The minimum atomic E-state index is -0.450. The van der Waals surface area contributed by atoms with Crippen molar-refractivity contribution in [3.8, 4) is 11.3 Å². The van der Waals surface area contributed by atoms with Crippen LogP contribution < -0.4 is 5.73 Å². The van der Waals surface area contributed by atoms with Gasteiger partial charge < -0.3 is 5.73 Å². The summed E-state index contributed by atoms with van der Waals surface area (Å²) in [6.07, 6.45) is 3.64. The number of nitrogens with zero attached hydrogens (tertiary/aromatic N) is 2. The van der Waals surface area contributed by atoms with Gasteiger partial charge in [0.2, 0.25) is 0 Å². The topological polar surface area (TPSA) is 60.9 Å². The zero-order chi connectivity index (χ0) is 18.6. The van der Waals surface area contributed by atoms with E-state index >= 15 is 0 Å². The van der Waals surface area contributed by atoms with E-state index in [9.17, 15) is 4.79 Å². The summed E-state index contributed by atoms with van der Waals surface area (Å²) in [5.41, 5.74) is 8.90. The predicted octanol–water partition coefficient (Wildman–Crippen LogP) is 4.44. The minimum absolute atomic E-state index is 0.450. The number of aromatic nitrogens is 2. The van der Waals surface area contributed by atoms with E-state index in [0.29, 0.717) is 11.3 Å². The maximum Gasteiger partial charge on any atom is 0.252 e. The molecule has 0 fully saturated rings. The fourth-order valence-corrected chi connectivity index (χ4v) is 3.47. The molecule has 4 rings (SSSR count). The molecule has 0 aliphatic carbocycles. The van der Waals surface area contributed by atoms with Gasteiger partial charge in [-0.2, -0.15) is 5.10 Å². The number of carbonyl (C=O) groups excluding carboxylic acids is 1. The molecule has 0 bridgehead atoms. The smallest absolute Gasteiger partial charge is 0.252 e. The third kappa shape index (κ3) is 3.60. The third-order valence-electron chi connectivity index (χ3n) is 4.79. The Morgan fingerprint density at radius 2 is 1.67 bits per heavy atom. The van der Waals surface area contributed by atoms with Gasteiger partial charge in [-0.1, -0.05) is 72.8 Å². The Kier molecular flexibility index (Phi) is 4.71. The quantitative estimate of drug-likeness (QED) is 0.556. The summed E-state index contributed by atoms with van der Waals surface area (Å²) in [5, 5.41) is 7.17. The number of hydrogen-bond donors (Lipinski definition) is 1. The predicted molar refractivity (Wildman–Crippen MR) is 108 cm³/mol. The lowest BCUT2D eigenvalue weighted by atomic mass is 10.0. The van der Waals surface area contributed by atoms with Gasteiger partial charge in [0.1, 0.15) is 5.69 Å². The monoisotopic (exact) mass is 355 g/mol. The second-order valence-corrected chi connectivity index (χ2v) is 6.63. The highest BCUT2D eigenvalue weighted by molar-refractivity contribution is 5.98. The Labute approximate surface area is 158 Å². The number of primary amides is 1. The number of amides is 1. The van der Waals surface area contributed by atoms with E-state index < -0.39 is 5.91 Å². The van der Waals surface area contributed by atoms with E-state index in [0.717, 1.165) is 24.9 Å². The van der Waals surface area contributed by atoms with Gasteiger partial charge in [0.15, 0.2) is 0 Å². The van der Waals surface area contributed by atoms with Crippen LogP contribution in [0.1, 0.15) is 22.3 Å². The van der Waals surface area contributed by atoms with Crippen molar-refractivity contribution in [2.24, 2.45) is 5.73 Å². The van der Waals surface area contributed by atoms with Crippen LogP contribution >= 0.6 is 0 Å². The van der Waals surface area contributed by atoms with Gasteiger partial charge in [0.25, 0.3) is 5.91 Å². The molecule has 4 aromatic rings. The molecule has 0 saturated heterocycles. The molecule has 0 spiro atoms. The first-order valence-corrected chi connectivity index (χ1v) is 9.12. The lowest BCUT2D eigenvalue weighted by molar-refractivity contribution is 0.100. The van der Waals surface area contributed by atoms with Crippen LogP contribution in [0.15, 0.2) is 79.0 Å². The number of hydrogen-bond acceptors (Lipinski definition) is 2. The number of fused-ring (bicyclic) bond motifs is 1. The van der Waals surface area contributed by atoms with Gasteiger partial charge in [-0.3, -0.25) is 9.48 Å². The van der Waals surface area contributed by atoms with Crippen LogP contribution in [0.5, 0.6) is 0 Å². The van der Waals surface area contributed by atoms with Gasteiger partial charge in [0.05, 0.1) is 5.56 Å². The molecule has 0 aliphatic rings. The van der Waals surface area contributed by atoms with Crippen molar-refractivity contribution >= 4 is 16.7 Å². The van der Waals surface area contributed by atoms with Crippen LogP contribution in [0.2, 0.25) is 0 Å². The largest absolute Gasteiger partial charge is 0.365 e. The highest BCUT2D eigenvalue weighted by Gasteiger charge is 2.15. The van der Waals surface area contributed by atoms with E-state index in [1.54, 1.807) is 6.20 Å². The average molecular weight is 355 g/mol.